The normalized spacial score (nSPS) is 18.7. The average Bonchev–Trinajstić information content (AvgIpc) is 2.85. The Balaban J connectivity index is 2.12. The molecule has 1 saturated heterocycles. The van der Waals surface area contributed by atoms with Crippen LogP contribution in [0.2, 0.25) is 5.02 Å². The summed E-state index contributed by atoms with van der Waals surface area (Å²) in [6.45, 7) is 0. The lowest BCUT2D eigenvalue weighted by atomic mass is 10.2. The van der Waals surface area contributed by atoms with Gasteiger partial charge < -0.3 is 5.32 Å². The highest BCUT2D eigenvalue weighted by molar-refractivity contribution is 8.00. The average molecular weight is 267 g/mol. The monoisotopic (exact) mass is 266 g/mol. The fourth-order valence-corrected chi connectivity index (χ4v) is 3.01. The Bertz CT molecular complexity index is 478. The van der Waals surface area contributed by atoms with Crippen molar-refractivity contribution < 1.29 is 4.79 Å². The van der Waals surface area contributed by atoms with Gasteiger partial charge >= 0.3 is 0 Å². The first-order valence-corrected chi connectivity index (χ1v) is 6.75. The van der Waals surface area contributed by atoms with Gasteiger partial charge in [-0.05, 0) is 36.8 Å². The van der Waals surface area contributed by atoms with E-state index in [1.807, 2.05) is 6.07 Å². The first-order chi connectivity index (χ1) is 8.20. The third-order valence-corrected chi connectivity index (χ3v) is 4.28. The van der Waals surface area contributed by atoms with Crippen LogP contribution in [0, 0.1) is 11.3 Å². The number of hydrogen-bond acceptors (Lipinski definition) is 3. The quantitative estimate of drug-likeness (QED) is 0.895. The van der Waals surface area contributed by atoms with Gasteiger partial charge in [-0.3, -0.25) is 4.79 Å². The van der Waals surface area contributed by atoms with E-state index in [4.69, 9.17) is 16.9 Å². The van der Waals surface area contributed by atoms with Crippen LogP contribution in [0.3, 0.4) is 0 Å². The molecule has 0 bridgehead atoms. The Kier molecular flexibility index (Phi) is 3.93. The van der Waals surface area contributed by atoms with E-state index in [1.165, 1.54) is 0 Å². The second-order valence-electron chi connectivity index (χ2n) is 3.80. The molecule has 0 radical (unpaired) electrons. The zero-order valence-corrected chi connectivity index (χ0v) is 10.6. The number of carbonyl (C=O) groups is 1. The fraction of sp³-hybridized carbons (Fsp3) is 0.333. The predicted molar refractivity (Wildman–Crippen MR) is 70.3 cm³/mol. The van der Waals surface area contributed by atoms with Crippen LogP contribution in [0.4, 0.5) is 5.69 Å². The minimum atomic E-state index is -0.0236. The molecule has 0 aromatic heterocycles. The van der Waals surface area contributed by atoms with Gasteiger partial charge in [0, 0.05) is 0 Å². The molecule has 1 aliphatic heterocycles. The SMILES string of the molecule is N#Cc1ccc(Cl)c(NC(=O)C2CCCS2)c1. The van der Waals surface area contributed by atoms with E-state index in [0.29, 0.717) is 16.3 Å². The number of anilines is 1. The van der Waals surface area contributed by atoms with Crippen molar-refractivity contribution in [2.45, 2.75) is 18.1 Å². The predicted octanol–water partition coefficient (Wildman–Crippen LogP) is 3.05. The fourth-order valence-electron chi connectivity index (χ4n) is 1.69. The molecule has 88 valence electrons. The molecule has 0 spiro atoms. The lowest BCUT2D eigenvalue weighted by Gasteiger charge is -2.11. The summed E-state index contributed by atoms with van der Waals surface area (Å²) in [5.74, 6) is 1.01. The molecule has 0 aliphatic carbocycles. The van der Waals surface area contributed by atoms with E-state index in [1.54, 1.807) is 30.0 Å². The molecule has 1 amide bonds. The van der Waals surface area contributed by atoms with Crippen molar-refractivity contribution in [2.75, 3.05) is 11.1 Å². The van der Waals surface area contributed by atoms with Gasteiger partial charge in [0.25, 0.3) is 0 Å². The number of nitrogens with one attached hydrogen (secondary N) is 1. The maximum Gasteiger partial charge on any atom is 0.237 e. The van der Waals surface area contributed by atoms with Crippen LogP contribution >= 0.6 is 23.4 Å². The van der Waals surface area contributed by atoms with Crippen LogP contribution in [-0.2, 0) is 4.79 Å². The van der Waals surface area contributed by atoms with E-state index >= 15 is 0 Å². The van der Waals surface area contributed by atoms with Gasteiger partial charge in [0.2, 0.25) is 5.91 Å². The van der Waals surface area contributed by atoms with Crippen molar-refractivity contribution in [3.05, 3.63) is 28.8 Å². The summed E-state index contributed by atoms with van der Waals surface area (Å²) < 4.78 is 0. The summed E-state index contributed by atoms with van der Waals surface area (Å²) in [6.07, 6.45) is 1.99. The Morgan fingerprint density at radius 2 is 2.41 bits per heavy atom. The van der Waals surface area contributed by atoms with Crippen LogP contribution in [0.5, 0.6) is 0 Å². The Morgan fingerprint density at radius 1 is 1.59 bits per heavy atom. The second kappa shape index (κ2) is 5.44. The molecule has 1 N–H and O–H groups in total. The van der Waals surface area contributed by atoms with Crippen molar-refractivity contribution >= 4 is 35.0 Å². The van der Waals surface area contributed by atoms with Crippen molar-refractivity contribution in [3.63, 3.8) is 0 Å². The summed E-state index contributed by atoms with van der Waals surface area (Å²) >= 11 is 7.64. The number of benzene rings is 1. The van der Waals surface area contributed by atoms with Gasteiger partial charge in [-0.15, -0.1) is 11.8 Å². The number of hydrogen-bond donors (Lipinski definition) is 1. The lowest BCUT2D eigenvalue weighted by molar-refractivity contribution is -0.115. The topological polar surface area (TPSA) is 52.9 Å². The van der Waals surface area contributed by atoms with Crippen LogP contribution in [0.15, 0.2) is 18.2 Å². The molecule has 5 heteroatoms. The number of amides is 1. The van der Waals surface area contributed by atoms with E-state index in [0.717, 1.165) is 18.6 Å². The van der Waals surface area contributed by atoms with E-state index in [-0.39, 0.29) is 11.2 Å². The summed E-state index contributed by atoms with van der Waals surface area (Å²) in [5.41, 5.74) is 1.01. The maximum absolute atomic E-state index is 11.9. The molecule has 1 fully saturated rings. The largest absolute Gasteiger partial charge is 0.324 e. The molecular weight excluding hydrogens is 256 g/mol. The number of nitriles is 1. The van der Waals surface area contributed by atoms with E-state index < -0.39 is 0 Å². The van der Waals surface area contributed by atoms with E-state index in [2.05, 4.69) is 5.32 Å². The molecule has 1 atom stereocenters. The molecule has 2 rings (SSSR count). The molecule has 1 aromatic carbocycles. The Hall–Kier alpha value is -1.18. The minimum Gasteiger partial charge on any atom is -0.324 e. The van der Waals surface area contributed by atoms with Gasteiger partial charge in [-0.25, -0.2) is 0 Å². The Labute approximate surface area is 109 Å². The molecule has 1 aromatic rings. The van der Waals surface area contributed by atoms with Crippen LogP contribution in [-0.4, -0.2) is 16.9 Å². The smallest absolute Gasteiger partial charge is 0.237 e. The highest BCUT2D eigenvalue weighted by atomic mass is 35.5. The molecule has 0 saturated carbocycles. The number of carbonyl (C=O) groups excluding carboxylic acids is 1. The van der Waals surface area contributed by atoms with Gasteiger partial charge in [0.05, 0.1) is 27.6 Å². The van der Waals surface area contributed by atoms with Crippen LogP contribution in [0.1, 0.15) is 18.4 Å². The lowest BCUT2D eigenvalue weighted by Crippen LogP contribution is -2.23. The molecule has 1 aliphatic rings. The van der Waals surface area contributed by atoms with Gasteiger partial charge in [-0.1, -0.05) is 11.6 Å². The van der Waals surface area contributed by atoms with Crippen LogP contribution in [0.25, 0.3) is 0 Å². The van der Waals surface area contributed by atoms with Crippen molar-refractivity contribution in [1.82, 2.24) is 0 Å². The summed E-state index contributed by atoms with van der Waals surface area (Å²) in [4.78, 5) is 11.9. The van der Waals surface area contributed by atoms with Crippen molar-refractivity contribution in [1.29, 1.82) is 5.26 Å². The molecule has 17 heavy (non-hydrogen) atoms. The summed E-state index contributed by atoms with van der Waals surface area (Å²) in [6, 6.07) is 6.87. The highest BCUT2D eigenvalue weighted by Crippen LogP contribution is 2.29. The molecular formula is C12H11ClN2OS. The third-order valence-electron chi connectivity index (χ3n) is 2.58. The third kappa shape index (κ3) is 2.93. The summed E-state index contributed by atoms with van der Waals surface area (Å²) in [7, 11) is 0. The summed E-state index contributed by atoms with van der Waals surface area (Å²) in [5, 5.41) is 12.0. The zero-order valence-electron chi connectivity index (χ0n) is 9.07. The second-order valence-corrected chi connectivity index (χ2v) is 5.52. The number of rotatable bonds is 2. The van der Waals surface area contributed by atoms with Crippen LogP contribution < -0.4 is 5.32 Å². The highest BCUT2D eigenvalue weighted by Gasteiger charge is 2.23. The molecule has 1 heterocycles. The van der Waals surface area contributed by atoms with Crippen molar-refractivity contribution in [2.24, 2.45) is 0 Å². The number of halogens is 1. The van der Waals surface area contributed by atoms with Gasteiger partial charge in [-0.2, -0.15) is 5.26 Å². The Morgan fingerprint density at radius 3 is 3.06 bits per heavy atom. The first-order valence-electron chi connectivity index (χ1n) is 5.33. The number of nitrogens with zero attached hydrogens (tertiary/aromatic N) is 1. The molecule has 1 unspecified atom stereocenters. The first kappa shape index (κ1) is 12.3. The van der Waals surface area contributed by atoms with E-state index in [9.17, 15) is 4.79 Å². The maximum atomic E-state index is 11.9. The minimum absolute atomic E-state index is 0.0109. The van der Waals surface area contributed by atoms with Crippen molar-refractivity contribution in [3.8, 4) is 6.07 Å². The van der Waals surface area contributed by atoms with Gasteiger partial charge in [0.15, 0.2) is 0 Å². The zero-order chi connectivity index (χ0) is 12.3. The standard InChI is InChI=1S/C12H11ClN2OS/c13-9-4-3-8(7-14)6-10(9)15-12(16)11-2-1-5-17-11/h3-4,6,11H,1-2,5H2,(H,15,16). The van der Waals surface area contributed by atoms with Gasteiger partial charge in [0.1, 0.15) is 0 Å². The number of thioether (sulfide) groups is 1. The molecule has 3 nitrogen and oxygen atoms in total.